The van der Waals surface area contributed by atoms with Crippen LogP contribution in [0, 0.1) is 0 Å². The van der Waals surface area contributed by atoms with Gasteiger partial charge in [0, 0.05) is 6.08 Å². The topological polar surface area (TPSA) is 37.3 Å². The van der Waals surface area contributed by atoms with Gasteiger partial charge in [0.05, 0.1) is 5.76 Å². The van der Waals surface area contributed by atoms with E-state index in [1.165, 1.54) is 19.9 Å². The molecule has 0 saturated carbocycles. The summed E-state index contributed by atoms with van der Waals surface area (Å²) in [6, 6.07) is 0. The van der Waals surface area contributed by atoms with E-state index in [2.05, 4.69) is 0 Å². The molecule has 0 bridgehead atoms. The Morgan fingerprint density at radius 2 is 1.60 bits per heavy atom. The predicted octanol–water partition coefficient (Wildman–Crippen LogP) is 0.965. The number of ketones is 1. The quantitative estimate of drug-likeness (QED) is 0.444. The number of rotatable bonds is 1. The number of halogens is 2. The summed E-state index contributed by atoms with van der Waals surface area (Å²) in [6.07, 6.45) is 1.17. The SMILES string of the molecule is CC(=O)/C=C(/C)O.Cl.Cl.[SnH2]. The van der Waals surface area contributed by atoms with Crippen LogP contribution in [-0.4, -0.2) is 34.8 Å². The molecule has 0 aromatic heterocycles. The molecule has 0 aliphatic rings. The van der Waals surface area contributed by atoms with Crippen LogP contribution in [-0.2, 0) is 4.79 Å². The average Bonchev–Trinajstić information content (AvgIpc) is 1.27. The van der Waals surface area contributed by atoms with Crippen LogP contribution in [0.4, 0.5) is 0 Å². The summed E-state index contributed by atoms with van der Waals surface area (Å²) in [5.74, 6) is -0.0625. The molecule has 62 valence electrons. The Balaban J connectivity index is -0.0000000600. The molecule has 0 fully saturated rings. The maximum absolute atomic E-state index is 10.0. The molecule has 2 nitrogen and oxygen atoms in total. The average molecular weight is 294 g/mol. The van der Waals surface area contributed by atoms with Crippen LogP contribution >= 0.6 is 24.8 Å². The molecular weight excluding hydrogens is 282 g/mol. The van der Waals surface area contributed by atoms with Gasteiger partial charge in [-0.05, 0) is 13.8 Å². The van der Waals surface area contributed by atoms with Gasteiger partial charge in [0.15, 0.2) is 5.78 Å². The molecule has 0 aromatic rings. The number of aliphatic hydroxyl groups is 1. The van der Waals surface area contributed by atoms with Gasteiger partial charge in [0.2, 0.25) is 0 Å². The van der Waals surface area contributed by atoms with Crippen molar-refractivity contribution in [1.29, 1.82) is 0 Å². The van der Waals surface area contributed by atoms with Crippen LogP contribution in [0.2, 0.25) is 0 Å². The first kappa shape index (κ1) is 22.4. The fraction of sp³-hybridized carbons (Fsp3) is 0.400. The summed E-state index contributed by atoms with van der Waals surface area (Å²) in [5, 5.41) is 8.36. The number of aliphatic hydroxyl groups excluding tert-OH is 1. The summed E-state index contributed by atoms with van der Waals surface area (Å²) in [6.45, 7) is 2.85. The zero-order valence-electron chi connectivity index (χ0n) is 5.96. The van der Waals surface area contributed by atoms with E-state index in [0.29, 0.717) is 0 Å². The van der Waals surface area contributed by atoms with Crippen molar-refractivity contribution in [2.75, 3.05) is 0 Å². The molecule has 0 unspecified atom stereocenters. The van der Waals surface area contributed by atoms with Crippen molar-refractivity contribution < 1.29 is 9.90 Å². The molecule has 2 radical (unpaired) electrons. The van der Waals surface area contributed by atoms with Gasteiger partial charge in [-0.1, -0.05) is 0 Å². The zero-order chi connectivity index (χ0) is 5.86. The summed E-state index contributed by atoms with van der Waals surface area (Å²) < 4.78 is 0. The Morgan fingerprint density at radius 3 is 1.60 bits per heavy atom. The van der Waals surface area contributed by atoms with Gasteiger partial charge in [0.25, 0.3) is 0 Å². The molecule has 0 heterocycles. The van der Waals surface area contributed by atoms with Crippen molar-refractivity contribution in [2.24, 2.45) is 0 Å². The molecule has 0 amide bonds. The van der Waals surface area contributed by atoms with Crippen LogP contribution in [0.1, 0.15) is 13.8 Å². The van der Waals surface area contributed by atoms with Crippen LogP contribution in [0.15, 0.2) is 11.8 Å². The van der Waals surface area contributed by atoms with E-state index < -0.39 is 0 Å². The van der Waals surface area contributed by atoms with E-state index in [0.717, 1.165) is 0 Å². The standard InChI is InChI=1S/C5H8O2.2ClH.Sn.2H/c1-4(6)3-5(2)7;;;;;/h3,6H,1-2H3;2*1H;;;/b4-3-;;;;;. The van der Waals surface area contributed by atoms with Gasteiger partial charge in [-0.25, -0.2) is 0 Å². The van der Waals surface area contributed by atoms with Gasteiger partial charge in [-0.15, -0.1) is 24.8 Å². The molecule has 0 rings (SSSR count). The molecule has 5 heteroatoms. The van der Waals surface area contributed by atoms with E-state index in [9.17, 15) is 4.79 Å². The fourth-order valence-corrected chi connectivity index (χ4v) is 0.294. The molecule has 0 aromatic carbocycles. The van der Waals surface area contributed by atoms with Gasteiger partial charge in [-0.2, -0.15) is 0 Å². The molecule has 0 saturated heterocycles. The Labute approximate surface area is 89.8 Å². The van der Waals surface area contributed by atoms with Crippen molar-refractivity contribution in [3.63, 3.8) is 0 Å². The third-order valence-electron chi connectivity index (χ3n) is 0.412. The normalized spacial score (nSPS) is 8.00. The number of hydrogen-bond acceptors (Lipinski definition) is 2. The van der Waals surface area contributed by atoms with Crippen molar-refractivity contribution in [3.05, 3.63) is 11.8 Å². The number of hydrogen-bond donors (Lipinski definition) is 1. The van der Waals surface area contributed by atoms with Crippen LogP contribution in [0.5, 0.6) is 0 Å². The Morgan fingerprint density at radius 1 is 1.30 bits per heavy atom. The monoisotopic (exact) mass is 294 g/mol. The number of carbonyl (C=O) groups is 1. The second kappa shape index (κ2) is 12.3. The molecule has 0 spiro atoms. The van der Waals surface area contributed by atoms with Crippen molar-refractivity contribution in [1.82, 2.24) is 0 Å². The van der Waals surface area contributed by atoms with Crippen molar-refractivity contribution in [2.45, 2.75) is 13.8 Å². The van der Waals surface area contributed by atoms with Crippen LogP contribution < -0.4 is 0 Å². The van der Waals surface area contributed by atoms with E-state index in [1.807, 2.05) is 0 Å². The number of carbonyl (C=O) groups excluding carboxylic acids is 1. The molecule has 0 aliphatic heterocycles. The zero-order valence-corrected chi connectivity index (χ0v) is 11.6. The summed E-state index contributed by atoms with van der Waals surface area (Å²) >= 11 is 0. The third kappa shape index (κ3) is 23.5. The van der Waals surface area contributed by atoms with E-state index in [1.54, 1.807) is 0 Å². The first-order valence-electron chi connectivity index (χ1n) is 2.01. The molecule has 1 N–H and O–H groups in total. The van der Waals surface area contributed by atoms with Crippen LogP contribution in [0.25, 0.3) is 0 Å². The first-order valence-corrected chi connectivity index (χ1v) is 2.01. The van der Waals surface area contributed by atoms with Gasteiger partial charge in [-0.3, -0.25) is 4.79 Å². The predicted molar refractivity (Wildman–Crippen MR) is 50.1 cm³/mol. The Hall–Kier alpha value is 0.589. The molecule has 10 heavy (non-hydrogen) atoms. The minimum absolute atomic E-state index is 0. The Bertz CT molecular complexity index is 110. The molecular formula is C5H12Cl2O2Sn. The van der Waals surface area contributed by atoms with Gasteiger partial charge >= 0.3 is 23.9 Å². The second-order valence-electron chi connectivity index (χ2n) is 1.40. The Kier molecular flexibility index (Phi) is 27.5. The minimum atomic E-state index is -0.125. The fourth-order valence-electron chi connectivity index (χ4n) is 0.294. The molecule has 0 atom stereocenters. The van der Waals surface area contributed by atoms with E-state index in [-0.39, 0.29) is 60.3 Å². The van der Waals surface area contributed by atoms with Crippen LogP contribution in [0.3, 0.4) is 0 Å². The van der Waals surface area contributed by atoms with Gasteiger partial charge in [0.1, 0.15) is 0 Å². The van der Waals surface area contributed by atoms with Gasteiger partial charge < -0.3 is 5.11 Å². The van der Waals surface area contributed by atoms with E-state index in [4.69, 9.17) is 5.11 Å². The second-order valence-corrected chi connectivity index (χ2v) is 1.40. The summed E-state index contributed by atoms with van der Waals surface area (Å²) in [7, 11) is 0. The first-order chi connectivity index (χ1) is 3.13. The summed E-state index contributed by atoms with van der Waals surface area (Å²) in [4.78, 5) is 10.0. The van der Waals surface area contributed by atoms with Crippen molar-refractivity contribution in [3.8, 4) is 0 Å². The third-order valence-corrected chi connectivity index (χ3v) is 0.412. The summed E-state index contributed by atoms with van der Waals surface area (Å²) in [5.41, 5.74) is 0. The van der Waals surface area contributed by atoms with Crippen molar-refractivity contribution >= 4 is 54.5 Å². The maximum atomic E-state index is 10.0. The molecule has 0 aliphatic carbocycles. The van der Waals surface area contributed by atoms with E-state index >= 15 is 0 Å². The number of allylic oxidation sites excluding steroid dienone is 2.